The number of halogens is 1. The van der Waals surface area contributed by atoms with Crippen molar-refractivity contribution in [2.75, 3.05) is 6.54 Å². The van der Waals surface area contributed by atoms with Gasteiger partial charge in [0.2, 0.25) is 0 Å². The molecule has 2 rings (SSSR count). The average Bonchev–Trinajstić information content (AvgIpc) is 2.69. The molecule has 0 aliphatic carbocycles. The van der Waals surface area contributed by atoms with Gasteiger partial charge >= 0.3 is 0 Å². The number of nitrogens with one attached hydrogen (secondary N) is 1. The number of fused-ring (bicyclic) bond motifs is 1. The van der Waals surface area contributed by atoms with E-state index in [-0.39, 0.29) is 0 Å². The average molecular weight is 310 g/mol. The van der Waals surface area contributed by atoms with E-state index < -0.39 is 0 Å². The van der Waals surface area contributed by atoms with Crippen molar-refractivity contribution in [1.29, 1.82) is 0 Å². The Bertz CT molecular complexity index is 572. The maximum atomic E-state index is 6.35. The minimum atomic E-state index is 0.663. The molecule has 0 saturated heterocycles. The molecular formula is C17H24ClNS. The lowest BCUT2D eigenvalue weighted by atomic mass is 10.00. The summed E-state index contributed by atoms with van der Waals surface area (Å²) >= 11 is 8.20. The second-order valence-electron chi connectivity index (χ2n) is 6.24. The van der Waals surface area contributed by atoms with Gasteiger partial charge in [0.25, 0.3) is 0 Å². The summed E-state index contributed by atoms with van der Waals surface area (Å²) in [6, 6.07) is 6.26. The van der Waals surface area contributed by atoms with Crippen molar-refractivity contribution in [2.24, 2.45) is 11.8 Å². The molecule has 0 unspecified atom stereocenters. The van der Waals surface area contributed by atoms with Gasteiger partial charge < -0.3 is 5.32 Å². The van der Waals surface area contributed by atoms with Crippen molar-refractivity contribution in [1.82, 2.24) is 5.32 Å². The second-order valence-corrected chi connectivity index (χ2v) is 7.76. The van der Waals surface area contributed by atoms with E-state index in [2.05, 4.69) is 45.1 Å². The summed E-state index contributed by atoms with van der Waals surface area (Å²) < 4.78 is 1.24. The van der Waals surface area contributed by atoms with E-state index in [1.54, 1.807) is 0 Å². The van der Waals surface area contributed by atoms with Crippen LogP contribution in [0, 0.1) is 11.8 Å². The van der Waals surface area contributed by atoms with E-state index in [4.69, 9.17) is 11.6 Å². The second kappa shape index (κ2) is 6.93. The van der Waals surface area contributed by atoms with Crippen LogP contribution in [0.1, 0.15) is 38.1 Å². The normalized spacial score (nSPS) is 11.9. The number of hydrogen-bond acceptors (Lipinski definition) is 2. The van der Waals surface area contributed by atoms with Gasteiger partial charge in [-0.1, -0.05) is 51.4 Å². The topological polar surface area (TPSA) is 12.0 Å². The third-order valence-electron chi connectivity index (χ3n) is 3.30. The third kappa shape index (κ3) is 3.75. The van der Waals surface area contributed by atoms with Crippen LogP contribution in [0.15, 0.2) is 18.2 Å². The molecule has 0 amide bonds. The van der Waals surface area contributed by atoms with E-state index in [0.29, 0.717) is 11.8 Å². The number of benzene rings is 1. The first-order valence-corrected chi connectivity index (χ1v) is 8.58. The Morgan fingerprint density at radius 3 is 2.55 bits per heavy atom. The Morgan fingerprint density at radius 2 is 1.90 bits per heavy atom. The van der Waals surface area contributed by atoms with Crippen LogP contribution in [-0.2, 0) is 13.0 Å². The summed E-state index contributed by atoms with van der Waals surface area (Å²) in [5.74, 6) is 1.34. The van der Waals surface area contributed by atoms with Crippen molar-refractivity contribution in [3.8, 4) is 0 Å². The molecule has 0 spiro atoms. The zero-order valence-electron chi connectivity index (χ0n) is 12.8. The van der Waals surface area contributed by atoms with Crippen LogP contribution in [-0.4, -0.2) is 6.54 Å². The van der Waals surface area contributed by atoms with Crippen molar-refractivity contribution in [2.45, 2.75) is 40.7 Å². The van der Waals surface area contributed by atoms with Crippen LogP contribution in [0.25, 0.3) is 10.1 Å². The van der Waals surface area contributed by atoms with E-state index in [9.17, 15) is 0 Å². The molecule has 1 aromatic heterocycles. The fraction of sp³-hybridized carbons (Fsp3) is 0.529. The van der Waals surface area contributed by atoms with Crippen LogP contribution in [0.5, 0.6) is 0 Å². The zero-order chi connectivity index (χ0) is 14.7. The predicted molar refractivity (Wildman–Crippen MR) is 91.9 cm³/mol. The number of thiophene rings is 1. The van der Waals surface area contributed by atoms with Gasteiger partial charge in [0, 0.05) is 11.4 Å². The summed E-state index contributed by atoms with van der Waals surface area (Å²) in [7, 11) is 0. The van der Waals surface area contributed by atoms with E-state index >= 15 is 0 Å². The Labute approximate surface area is 131 Å². The fourth-order valence-electron chi connectivity index (χ4n) is 2.43. The molecule has 1 N–H and O–H groups in total. The quantitative estimate of drug-likeness (QED) is 0.743. The first-order chi connectivity index (χ1) is 9.49. The van der Waals surface area contributed by atoms with Gasteiger partial charge in [-0.25, -0.2) is 0 Å². The van der Waals surface area contributed by atoms with E-state index in [1.807, 2.05) is 17.4 Å². The molecule has 3 heteroatoms. The Hall–Kier alpha value is -0.570. The molecule has 1 aromatic carbocycles. The van der Waals surface area contributed by atoms with Gasteiger partial charge in [0.1, 0.15) is 0 Å². The van der Waals surface area contributed by atoms with Gasteiger partial charge in [0.15, 0.2) is 0 Å². The highest BCUT2D eigenvalue weighted by Gasteiger charge is 2.14. The largest absolute Gasteiger partial charge is 0.312 e. The number of rotatable bonds is 6. The molecule has 0 atom stereocenters. The standard InChI is InChI=1S/C17H24ClNS/c1-11(2)8-14-13-6-5-7-15(18)17(13)20-16(14)10-19-9-12(3)4/h5-7,11-12,19H,8-10H2,1-4H3. The Morgan fingerprint density at radius 1 is 1.15 bits per heavy atom. The lowest BCUT2D eigenvalue weighted by Crippen LogP contribution is -2.19. The first kappa shape index (κ1) is 15.8. The Kier molecular flexibility index (Phi) is 5.48. The molecular weight excluding hydrogens is 286 g/mol. The van der Waals surface area contributed by atoms with E-state index in [0.717, 1.165) is 24.5 Å². The summed E-state index contributed by atoms with van der Waals surface area (Å²) in [6.45, 7) is 11.0. The van der Waals surface area contributed by atoms with Crippen molar-refractivity contribution in [3.63, 3.8) is 0 Å². The lowest BCUT2D eigenvalue weighted by Gasteiger charge is -2.10. The van der Waals surface area contributed by atoms with E-state index in [1.165, 1.54) is 20.5 Å². The molecule has 0 aliphatic rings. The first-order valence-electron chi connectivity index (χ1n) is 7.38. The maximum absolute atomic E-state index is 6.35. The summed E-state index contributed by atoms with van der Waals surface area (Å²) in [6.07, 6.45) is 1.12. The minimum absolute atomic E-state index is 0.663. The highest BCUT2D eigenvalue weighted by atomic mass is 35.5. The summed E-state index contributed by atoms with van der Waals surface area (Å²) in [5.41, 5.74) is 1.48. The predicted octanol–water partition coefficient (Wildman–Crippen LogP) is 5.50. The number of hydrogen-bond donors (Lipinski definition) is 1. The van der Waals surface area contributed by atoms with Gasteiger partial charge in [-0.15, -0.1) is 11.3 Å². The van der Waals surface area contributed by atoms with Gasteiger partial charge in [-0.2, -0.15) is 0 Å². The van der Waals surface area contributed by atoms with Crippen molar-refractivity contribution < 1.29 is 0 Å². The van der Waals surface area contributed by atoms with Crippen LogP contribution < -0.4 is 5.32 Å². The van der Waals surface area contributed by atoms with Gasteiger partial charge in [-0.3, -0.25) is 0 Å². The molecule has 0 fully saturated rings. The van der Waals surface area contributed by atoms with Gasteiger partial charge in [0.05, 0.1) is 9.72 Å². The van der Waals surface area contributed by atoms with Crippen LogP contribution in [0.3, 0.4) is 0 Å². The smallest absolute Gasteiger partial charge is 0.0584 e. The zero-order valence-corrected chi connectivity index (χ0v) is 14.4. The Balaban J connectivity index is 2.33. The van der Waals surface area contributed by atoms with Crippen LogP contribution >= 0.6 is 22.9 Å². The third-order valence-corrected chi connectivity index (χ3v) is 5.01. The van der Waals surface area contributed by atoms with Crippen LogP contribution in [0.2, 0.25) is 5.02 Å². The molecule has 1 nitrogen and oxygen atoms in total. The highest BCUT2D eigenvalue weighted by Crippen LogP contribution is 2.37. The molecule has 110 valence electrons. The monoisotopic (exact) mass is 309 g/mol. The molecule has 20 heavy (non-hydrogen) atoms. The SMILES string of the molecule is CC(C)CNCc1sc2c(Cl)cccc2c1CC(C)C. The molecule has 0 saturated carbocycles. The molecule has 0 aliphatic heterocycles. The minimum Gasteiger partial charge on any atom is -0.312 e. The molecule has 1 heterocycles. The fourth-order valence-corrected chi connectivity index (χ4v) is 3.93. The summed E-state index contributed by atoms with van der Waals surface area (Å²) in [5, 5.41) is 5.79. The van der Waals surface area contributed by atoms with Gasteiger partial charge in [-0.05, 0) is 41.8 Å². The lowest BCUT2D eigenvalue weighted by molar-refractivity contribution is 0.552. The van der Waals surface area contributed by atoms with Crippen molar-refractivity contribution >= 4 is 33.0 Å². The molecule has 2 aromatic rings. The van der Waals surface area contributed by atoms with Crippen LogP contribution in [0.4, 0.5) is 0 Å². The van der Waals surface area contributed by atoms with Crippen molar-refractivity contribution in [3.05, 3.63) is 33.7 Å². The maximum Gasteiger partial charge on any atom is 0.0584 e. The highest BCUT2D eigenvalue weighted by molar-refractivity contribution is 7.20. The molecule has 0 radical (unpaired) electrons. The summed E-state index contributed by atoms with van der Waals surface area (Å²) in [4.78, 5) is 1.45. The molecule has 0 bridgehead atoms.